The van der Waals surface area contributed by atoms with Crippen LogP contribution >= 0.6 is 75.8 Å². The molecule has 1 aromatic rings. The van der Waals surface area contributed by atoms with Crippen LogP contribution in [0.25, 0.3) is 0 Å². The third-order valence-corrected chi connectivity index (χ3v) is 5.92. The predicted octanol–water partition coefficient (Wildman–Crippen LogP) is 4.70. The highest BCUT2D eigenvalue weighted by Gasteiger charge is 2.13. The van der Waals surface area contributed by atoms with Crippen LogP contribution in [0.3, 0.4) is 0 Å². The predicted molar refractivity (Wildman–Crippen MR) is 63.5 cm³/mol. The van der Waals surface area contributed by atoms with Crippen LogP contribution in [0, 0.1) is 0 Å². The van der Waals surface area contributed by atoms with Gasteiger partial charge in [0.15, 0.2) is 0 Å². The van der Waals surface area contributed by atoms with Crippen LogP contribution in [-0.2, 0) is 0 Å². The number of nitrogens with zero attached hydrogens (tertiary/aromatic N) is 1. The van der Waals surface area contributed by atoms with E-state index in [1.54, 1.807) is 0 Å². The highest BCUT2D eigenvalue weighted by molar-refractivity contribution is 9.13. The lowest BCUT2D eigenvalue weighted by Gasteiger charge is -2.05. The summed E-state index contributed by atoms with van der Waals surface area (Å²) in [5.41, 5.74) is 0. The van der Waals surface area contributed by atoms with Gasteiger partial charge in [0.2, 0.25) is 0 Å². The van der Waals surface area contributed by atoms with E-state index >= 15 is 0 Å². The first kappa shape index (κ1) is 11.5. The first-order chi connectivity index (χ1) is 5.57. The van der Waals surface area contributed by atoms with Gasteiger partial charge in [-0.1, -0.05) is 0 Å². The molecule has 1 rings (SSSR count). The van der Waals surface area contributed by atoms with Crippen molar-refractivity contribution in [2.75, 3.05) is 0 Å². The van der Waals surface area contributed by atoms with E-state index in [2.05, 4.69) is 68.7 Å². The molecule has 0 amide bonds. The Morgan fingerprint density at radius 1 is 1.00 bits per heavy atom. The molecule has 12 heavy (non-hydrogen) atoms. The monoisotopic (exact) mass is 439 g/mol. The van der Waals surface area contributed by atoms with Crippen LogP contribution in [0.2, 0.25) is 0 Å². The molecule has 0 atom stereocenters. The molecule has 7 heteroatoms. The minimum Gasteiger partial charge on any atom is -0.325 e. The van der Waals surface area contributed by atoms with Gasteiger partial charge in [0.25, 0.3) is 0 Å². The van der Waals surface area contributed by atoms with E-state index in [1.165, 1.54) is 0 Å². The Morgan fingerprint density at radius 2 is 1.42 bits per heavy atom. The molecule has 0 radical (unpaired) electrons. The van der Waals surface area contributed by atoms with E-state index in [-0.39, 0.29) is 0 Å². The molecule has 0 aliphatic heterocycles. The van der Waals surface area contributed by atoms with E-state index in [4.69, 9.17) is 4.55 Å². The van der Waals surface area contributed by atoms with Gasteiger partial charge in [-0.2, -0.15) is 0 Å². The number of aromatic nitrogens is 1. The van der Waals surface area contributed by atoms with Crippen molar-refractivity contribution in [3.05, 3.63) is 18.2 Å². The summed E-state index contributed by atoms with van der Waals surface area (Å²) in [6, 6.07) is 0. The van der Waals surface area contributed by atoms with Crippen molar-refractivity contribution in [2.45, 2.75) is 4.90 Å². The maximum absolute atomic E-state index is 8.94. The molecule has 0 saturated heterocycles. The molecule has 0 aliphatic rings. The van der Waals surface area contributed by atoms with E-state index < -0.39 is 0 Å². The van der Waals surface area contributed by atoms with Gasteiger partial charge in [-0.15, -0.1) is 0 Å². The fourth-order valence-electron chi connectivity index (χ4n) is 0.548. The Hall–Kier alpha value is 1.38. The van der Waals surface area contributed by atoms with Crippen LogP contribution in [0.5, 0.6) is 0 Å². The summed E-state index contributed by atoms with van der Waals surface area (Å²) in [5, 5.41) is 0. The van der Waals surface area contributed by atoms with Gasteiger partial charge in [-0.3, -0.25) is 0 Å². The van der Waals surface area contributed by atoms with Crippen LogP contribution < -0.4 is 0 Å². The summed E-state index contributed by atoms with van der Waals surface area (Å²) in [4.78, 5) is 4.78. The Kier molecular flexibility index (Phi) is 4.53. The molecule has 0 saturated carbocycles. The average molecular weight is 443 g/mol. The van der Waals surface area contributed by atoms with E-state index in [0.717, 1.165) is 8.95 Å². The smallest absolute Gasteiger partial charge is 0.122 e. The molecule has 66 valence electrons. The zero-order chi connectivity index (χ0) is 9.30. The van der Waals surface area contributed by atoms with Crippen LogP contribution in [0.4, 0.5) is 0 Å². The number of pyridine rings is 1. The van der Waals surface area contributed by atoms with Gasteiger partial charge in [0.1, 0.15) is 9.21 Å². The summed E-state index contributed by atoms with van der Waals surface area (Å²) in [6.45, 7) is 0. The molecule has 0 aliphatic carbocycles. The lowest BCUT2D eigenvalue weighted by molar-refractivity contribution is 0.662. The second-order valence-electron chi connectivity index (χ2n) is 1.74. The SMILES string of the molecule is OSc1c(Br)c(Br)nc(Br)c1Br. The molecule has 0 fully saturated rings. The molecule has 0 spiro atoms. The van der Waals surface area contributed by atoms with Gasteiger partial charge < -0.3 is 4.55 Å². The van der Waals surface area contributed by atoms with E-state index in [0.29, 0.717) is 26.1 Å². The Balaban J connectivity index is 3.42. The quantitative estimate of drug-likeness (QED) is 0.506. The van der Waals surface area contributed by atoms with Crippen molar-refractivity contribution >= 4 is 75.8 Å². The lowest BCUT2D eigenvalue weighted by atomic mass is 10.5. The Labute approximate surface area is 107 Å². The topological polar surface area (TPSA) is 33.1 Å². The highest BCUT2D eigenvalue weighted by atomic mass is 79.9. The van der Waals surface area contributed by atoms with E-state index in [9.17, 15) is 0 Å². The summed E-state index contributed by atoms with van der Waals surface area (Å²) in [7, 11) is 0. The maximum atomic E-state index is 8.94. The molecule has 0 bridgehead atoms. The lowest BCUT2D eigenvalue weighted by Crippen LogP contribution is -1.86. The average Bonchev–Trinajstić information content (AvgIpc) is 2.02. The second-order valence-corrected chi connectivity index (χ2v) is 5.42. The molecule has 0 aromatic carbocycles. The van der Waals surface area contributed by atoms with Crippen molar-refractivity contribution in [3.8, 4) is 0 Å². The van der Waals surface area contributed by atoms with Crippen molar-refractivity contribution in [3.63, 3.8) is 0 Å². The van der Waals surface area contributed by atoms with Gasteiger partial charge >= 0.3 is 0 Å². The highest BCUT2D eigenvalue weighted by Crippen LogP contribution is 2.40. The summed E-state index contributed by atoms with van der Waals surface area (Å²) >= 11 is 13.7. The van der Waals surface area contributed by atoms with Gasteiger partial charge in [0, 0.05) is 12.0 Å². The van der Waals surface area contributed by atoms with Gasteiger partial charge in [-0.25, -0.2) is 4.98 Å². The van der Waals surface area contributed by atoms with Crippen LogP contribution in [0.1, 0.15) is 0 Å². The number of rotatable bonds is 1. The fourth-order valence-corrected chi connectivity index (χ4v) is 3.43. The molecule has 0 unspecified atom stereocenters. The fraction of sp³-hybridized carbons (Fsp3) is 0. The maximum Gasteiger partial charge on any atom is 0.122 e. The molecule has 1 aromatic heterocycles. The molecular weight excluding hydrogens is 442 g/mol. The minimum atomic E-state index is 0.647. The molecule has 2 nitrogen and oxygen atoms in total. The van der Waals surface area contributed by atoms with Crippen molar-refractivity contribution in [1.29, 1.82) is 0 Å². The first-order valence-corrected chi connectivity index (χ1v) is 6.54. The third-order valence-electron chi connectivity index (χ3n) is 1.05. The Bertz CT molecular complexity index is 293. The number of hydrogen-bond donors (Lipinski definition) is 1. The zero-order valence-corrected chi connectivity index (χ0v) is 12.5. The summed E-state index contributed by atoms with van der Waals surface area (Å²) < 4.78 is 11.7. The Morgan fingerprint density at radius 3 is 1.75 bits per heavy atom. The minimum absolute atomic E-state index is 0.647. The molecule has 1 heterocycles. The number of halogens is 4. The molecule has 1 N–H and O–H groups in total. The standard InChI is InChI=1S/C5HBr4NOS/c6-1-3(12-11)2(7)5(9)10-4(1)8/h11H. The van der Waals surface area contributed by atoms with Crippen molar-refractivity contribution in [2.24, 2.45) is 0 Å². The third kappa shape index (κ3) is 2.24. The van der Waals surface area contributed by atoms with E-state index in [1.807, 2.05) is 0 Å². The summed E-state index contributed by atoms with van der Waals surface area (Å²) in [5.74, 6) is 0. The van der Waals surface area contributed by atoms with Crippen molar-refractivity contribution in [1.82, 2.24) is 4.98 Å². The van der Waals surface area contributed by atoms with Crippen molar-refractivity contribution < 1.29 is 4.55 Å². The normalized spacial score (nSPS) is 10.4. The number of hydrogen-bond acceptors (Lipinski definition) is 3. The summed E-state index contributed by atoms with van der Waals surface area (Å²) in [6.07, 6.45) is 0. The first-order valence-electron chi connectivity index (χ1n) is 2.59. The molecular formula is C5HBr4NOS. The zero-order valence-electron chi connectivity index (χ0n) is 5.31. The van der Waals surface area contributed by atoms with Gasteiger partial charge in [0.05, 0.1) is 13.8 Å². The van der Waals surface area contributed by atoms with Gasteiger partial charge in [-0.05, 0) is 63.7 Å². The largest absolute Gasteiger partial charge is 0.325 e. The van der Waals surface area contributed by atoms with Crippen LogP contribution in [-0.4, -0.2) is 9.54 Å². The van der Waals surface area contributed by atoms with Crippen LogP contribution in [0.15, 0.2) is 23.0 Å². The second kappa shape index (κ2) is 4.75.